The van der Waals surface area contributed by atoms with Crippen LogP contribution in [0.4, 0.5) is 11.4 Å². The first-order valence-corrected chi connectivity index (χ1v) is 6.65. The smallest absolute Gasteiger partial charge is 0.229 e. The lowest BCUT2D eigenvalue weighted by Gasteiger charge is -2.29. The highest BCUT2D eigenvalue weighted by molar-refractivity contribution is 5.97. The summed E-state index contributed by atoms with van der Waals surface area (Å²) >= 11 is 0. The molecular weight excluding hydrogens is 256 g/mol. The summed E-state index contributed by atoms with van der Waals surface area (Å²) in [6, 6.07) is 5.34. The summed E-state index contributed by atoms with van der Waals surface area (Å²) in [4.78, 5) is 25.3. The predicted octanol–water partition coefficient (Wildman–Crippen LogP) is 2.42. The fourth-order valence-electron chi connectivity index (χ4n) is 1.94. The molecule has 0 spiro atoms. The molecule has 2 amide bonds. The van der Waals surface area contributed by atoms with Crippen molar-refractivity contribution in [2.24, 2.45) is 5.41 Å². The van der Waals surface area contributed by atoms with Gasteiger partial charge in [-0.3, -0.25) is 9.59 Å². The molecule has 1 aliphatic heterocycles. The second kappa shape index (κ2) is 5.15. The lowest BCUT2D eigenvalue weighted by Crippen LogP contribution is -2.36. The molecule has 1 aromatic carbocycles. The highest BCUT2D eigenvalue weighted by Crippen LogP contribution is 2.34. The van der Waals surface area contributed by atoms with E-state index >= 15 is 0 Å². The van der Waals surface area contributed by atoms with Gasteiger partial charge in [-0.15, -0.1) is 0 Å². The van der Waals surface area contributed by atoms with Gasteiger partial charge < -0.3 is 15.0 Å². The van der Waals surface area contributed by atoms with Crippen LogP contribution in [-0.4, -0.2) is 25.0 Å². The van der Waals surface area contributed by atoms with Gasteiger partial charge in [0.25, 0.3) is 0 Å². The van der Waals surface area contributed by atoms with Gasteiger partial charge in [0.1, 0.15) is 12.4 Å². The molecule has 20 heavy (non-hydrogen) atoms. The summed E-state index contributed by atoms with van der Waals surface area (Å²) in [5, 5.41) is 2.86. The Morgan fingerprint density at radius 3 is 2.60 bits per heavy atom. The van der Waals surface area contributed by atoms with Crippen molar-refractivity contribution in [3.63, 3.8) is 0 Å². The Labute approximate surface area is 118 Å². The van der Waals surface area contributed by atoms with Gasteiger partial charge in [0, 0.05) is 18.0 Å². The number of nitrogens with zero attached hydrogens (tertiary/aromatic N) is 1. The van der Waals surface area contributed by atoms with Crippen LogP contribution in [0, 0.1) is 5.41 Å². The SMILES string of the molecule is CC(=O)N1CCOc2ccc(NC(=O)C(C)(C)C)cc21. The average Bonchev–Trinajstić information content (AvgIpc) is 2.36. The van der Waals surface area contributed by atoms with Crippen molar-refractivity contribution < 1.29 is 14.3 Å². The molecule has 1 aliphatic rings. The summed E-state index contributed by atoms with van der Waals surface area (Å²) in [6.45, 7) is 8.10. The molecule has 2 rings (SSSR count). The van der Waals surface area contributed by atoms with E-state index in [1.165, 1.54) is 6.92 Å². The van der Waals surface area contributed by atoms with E-state index in [1.807, 2.05) is 20.8 Å². The Bertz CT molecular complexity index is 547. The number of anilines is 2. The maximum absolute atomic E-state index is 12.0. The first-order chi connectivity index (χ1) is 9.29. The Kier molecular flexibility index (Phi) is 3.70. The van der Waals surface area contributed by atoms with E-state index in [2.05, 4.69) is 5.32 Å². The van der Waals surface area contributed by atoms with E-state index < -0.39 is 5.41 Å². The molecule has 0 atom stereocenters. The van der Waals surface area contributed by atoms with Crippen molar-refractivity contribution >= 4 is 23.2 Å². The Hall–Kier alpha value is -2.04. The first-order valence-electron chi connectivity index (χ1n) is 6.65. The van der Waals surface area contributed by atoms with Gasteiger partial charge in [-0.2, -0.15) is 0 Å². The first kappa shape index (κ1) is 14.4. The number of amides is 2. The monoisotopic (exact) mass is 276 g/mol. The van der Waals surface area contributed by atoms with Crippen LogP contribution in [-0.2, 0) is 9.59 Å². The number of hydrogen-bond donors (Lipinski definition) is 1. The number of ether oxygens (including phenoxy) is 1. The van der Waals surface area contributed by atoms with Crippen molar-refractivity contribution in [2.45, 2.75) is 27.7 Å². The van der Waals surface area contributed by atoms with Crippen LogP contribution in [0.2, 0.25) is 0 Å². The van der Waals surface area contributed by atoms with Crippen LogP contribution in [0.25, 0.3) is 0 Å². The lowest BCUT2D eigenvalue weighted by atomic mass is 9.95. The van der Waals surface area contributed by atoms with E-state index in [1.54, 1.807) is 23.1 Å². The third-order valence-corrected chi connectivity index (χ3v) is 3.14. The molecule has 108 valence electrons. The largest absolute Gasteiger partial charge is 0.490 e. The molecule has 0 bridgehead atoms. The molecule has 5 heteroatoms. The zero-order valence-electron chi connectivity index (χ0n) is 12.3. The molecule has 5 nitrogen and oxygen atoms in total. The van der Waals surface area contributed by atoms with Crippen molar-refractivity contribution in [3.05, 3.63) is 18.2 Å². The van der Waals surface area contributed by atoms with E-state index in [9.17, 15) is 9.59 Å². The maximum Gasteiger partial charge on any atom is 0.229 e. The quantitative estimate of drug-likeness (QED) is 0.857. The normalized spacial score (nSPS) is 14.3. The zero-order chi connectivity index (χ0) is 14.9. The summed E-state index contributed by atoms with van der Waals surface area (Å²) in [5.74, 6) is 0.567. The van der Waals surface area contributed by atoms with E-state index in [0.717, 1.165) is 0 Å². The van der Waals surface area contributed by atoms with Gasteiger partial charge in [0.2, 0.25) is 11.8 Å². The third-order valence-electron chi connectivity index (χ3n) is 3.14. The van der Waals surface area contributed by atoms with Crippen molar-refractivity contribution in [1.82, 2.24) is 0 Å². The molecule has 0 fully saturated rings. The van der Waals surface area contributed by atoms with Gasteiger partial charge in [0.15, 0.2) is 0 Å². The van der Waals surface area contributed by atoms with Gasteiger partial charge in [-0.05, 0) is 18.2 Å². The predicted molar refractivity (Wildman–Crippen MR) is 78.0 cm³/mol. The number of rotatable bonds is 1. The lowest BCUT2D eigenvalue weighted by molar-refractivity contribution is -0.123. The maximum atomic E-state index is 12.0. The molecule has 0 saturated heterocycles. The number of nitrogens with one attached hydrogen (secondary N) is 1. The van der Waals surface area contributed by atoms with Gasteiger partial charge in [-0.1, -0.05) is 20.8 Å². The summed E-state index contributed by atoms with van der Waals surface area (Å²) in [7, 11) is 0. The Morgan fingerprint density at radius 1 is 1.30 bits per heavy atom. The van der Waals surface area contributed by atoms with Gasteiger partial charge in [0.05, 0.1) is 12.2 Å². The molecule has 1 N–H and O–H groups in total. The standard InChI is InChI=1S/C15H20N2O3/c1-10(18)17-7-8-20-13-6-5-11(9-12(13)17)16-14(19)15(2,3)4/h5-6,9H,7-8H2,1-4H3,(H,16,19). The molecule has 0 aromatic heterocycles. The van der Waals surface area contributed by atoms with E-state index in [-0.39, 0.29) is 11.8 Å². The minimum Gasteiger partial charge on any atom is -0.490 e. The Morgan fingerprint density at radius 2 is 2.00 bits per heavy atom. The highest BCUT2D eigenvalue weighted by Gasteiger charge is 2.24. The molecule has 1 heterocycles. The molecule has 0 saturated carbocycles. The fourth-order valence-corrected chi connectivity index (χ4v) is 1.94. The van der Waals surface area contributed by atoms with Crippen LogP contribution in [0.1, 0.15) is 27.7 Å². The number of carbonyl (C=O) groups is 2. The number of hydrogen-bond acceptors (Lipinski definition) is 3. The topological polar surface area (TPSA) is 58.6 Å². The summed E-state index contributed by atoms with van der Waals surface area (Å²) < 4.78 is 5.52. The van der Waals surface area contributed by atoms with Crippen molar-refractivity contribution in [2.75, 3.05) is 23.4 Å². The van der Waals surface area contributed by atoms with Crippen LogP contribution in [0.15, 0.2) is 18.2 Å². The highest BCUT2D eigenvalue weighted by atomic mass is 16.5. The summed E-state index contributed by atoms with van der Waals surface area (Å²) in [5.41, 5.74) is 0.906. The zero-order valence-corrected chi connectivity index (χ0v) is 12.3. The molecule has 0 aliphatic carbocycles. The third kappa shape index (κ3) is 2.92. The van der Waals surface area contributed by atoms with E-state index in [4.69, 9.17) is 4.74 Å². The van der Waals surface area contributed by atoms with Crippen LogP contribution < -0.4 is 15.0 Å². The van der Waals surface area contributed by atoms with Crippen molar-refractivity contribution in [3.8, 4) is 5.75 Å². The molecule has 0 radical (unpaired) electrons. The Balaban J connectivity index is 2.28. The molecular formula is C15H20N2O3. The van der Waals surface area contributed by atoms with Crippen LogP contribution >= 0.6 is 0 Å². The minimum absolute atomic E-state index is 0.0335. The molecule has 0 unspecified atom stereocenters. The number of carbonyl (C=O) groups excluding carboxylic acids is 2. The van der Waals surface area contributed by atoms with Crippen molar-refractivity contribution in [1.29, 1.82) is 0 Å². The minimum atomic E-state index is -0.466. The second-order valence-electron chi connectivity index (χ2n) is 5.91. The number of fused-ring (bicyclic) bond motifs is 1. The van der Waals surface area contributed by atoms with Crippen LogP contribution in [0.5, 0.6) is 5.75 Å². The summed E-state index contributed by atoms with van der Waals surface area (Å²) in [6.07, 6.45) is 0. The van der Waals surface area contributed by atoms with E-state index in [0.29, 0.717) is 30.3 Å². The van der Waals surface area contributed by atoms with Crippen LogP contribution in [0.3, 0.4) is 0 Å². The average molecular weight is 276 g/mol. The number of benzene rings is 1. The fraction of sp³-hybridized carbons (Fsp3) is 0.467. The molecule has 1 aromatic rings. The second-order valence-corrected chi connectivity index (χ2v) is 5.91. The van der Waals surface area contributed by atoms with Gasteiger partial charge >= 0.3 is 0 Å². The van der Waals surface area contributed by atoms with Gasteiger partial charge in [-0.25, -0.2) is 0 Å².